The highest BCUT2D eigenvalue weighted by Gasteiger charge is 2.09. The number of rotatable bonds is 7. The van der Waals surface area contributed by atoms with Crippen LogP contribution in [0.15, 0.2) is 0 Å². The predicted octanol–water partition coefficient (Wildman–Crippen LogP) is 0.542. The summed E-state index contributed by atoms with van der Waals surface area (Å²) < 4.78 is 4.83. The Morgan fingerprint density at radius 1 is 0.950 bits per heavy atom. The highest BCUT2D eigenvalue weighted by atomic mass is 32.1. The fraction of sp³-hybridized carbons (Fsp3) is 0.667. The zero-order valence-electron chi connectivity index (χ0n) is 11.8. The van der Waals surface area contributed by atoms with Gasteiger partial charge >= 0.3 is 5.97 Å². The molecule has 0 aliphatic rings. The van der Waals surface area contributed by atoms with Gasteiger partial charge in [0.2, 0.25) is 11.8 Å². The number of thiocarbonyl (C=S) groups is 1. The van der Waals surface area contributed by atoms with E-state index in [1.165, 1.54) is 0 Å². The van der Waals surface area contributed by atoms with E-state index >= 15 is 0 Å². The van der Waals surface area contributed by atoms with Gasteiger partial charge in [0.1, 0.15) is 0 Å². The Morgan fingerprint density at radius 3 is 2.25 bits per heavy atom. The summed E-state index contributed by atoms with van der Waals surface area (Å²) in [6, 6.07) is 0. The van der Waals surface area contributed by atoms with Gasteiger partial charge in [0.25, 0.3) is 0 Å². The first-order valence-electron chi connectivity index (χ1n) is 6.53. The second-order valence-corrected chi connectivity index (χ2v) is 4.43. The van der Waals surface area contributed by atoms with E-state index in [0.29, 0.717) is 19.4 Å². The van der Waals surface area contributed by atoms with Crippen molar-refractivity contribution in [2.45, 2.75) is 46.0 Å². The molecule has 0 rings (SSSR count). The van der Waals surface area contributed by atoms with Gasteiger partial charge in [0.05, 0.1) is 13.0 Å². The number of esters is 1. The summed E-state index contributed by atoms with van der Waals surface area (Å²) in [7, 11) is 0. The average Bonchev–Trinajstić information content (AvgIpc) is 2.41. The molecule has 0 saturated carbocycles. The third-order valence-corrected chi connectivity index (χ3v) is 2.27. The van der Waals surface area contributed by atoms with Crippen molar-refractivity contribution in [1.82, 2.24) is 16.2 Å². The van der Waals surface area contributed by atoms with Gasteiger partial charge in [-0.05, 0) is 25.1 Å². The monoisotopic (exact) mass is 303 g/mol. The van der Waals surface area contributed by atoms with Gasteiger partial charge in [-0.1, -0.05) is 13.8 Å². The molecule has 0 unspecified atom stereocenters. The Morgan fingerprint density at radius 2 is 1.65 bits per heavy atom. The number of hydrazine groups is 1. The quantitative estimate of drug-likeness (QED) is 0.361. The van der Waals surface area contributed by atoms with Gasteiger partial charge in [-0.3, -0.25) is 25.2 Å². The maximum absolute atomic E-state index is 11.4. The highest BCUT2D eigenvalue weighted by molar-refractivity contribution is 7.80. The third kappa shape index (κ3) is 10.2. The second-order valence-electron chi connectivity index (χ2n) is 4.02. The van der Waals surface area contributed by atoms with Crippen LogP contribution < -0.4 is 16.2 Å². The molecule has 7 nitrogen and oxygen atoms in total. The van der Waals surface area contributed by atoms with E-state index < -0.39 is 11.9 Å². The molecule has 0 bridgehead atoms. The molecule has 20 heavy (non-hydrogen) atoms. The maximum atomic E-state index is 11.4. The van der Waals surface area contributed by atoms with Crippen LogP contribution in [0.4, 0.5) is 0 Å². The van der Waals surface area contributed by atoms with Gasteiger partial charge in [-0.25, -0.2) is 0 Å². The summed E-state index contributed by atoms with van der Waals surface area (Å²) in [5.74, 6) is -1.05. The molecule has 0 aliphatic carbocycles. The molecular formula is C12H21N3O4S. The lowest BCUT2D eigenvalue weighted by Crippen LogP contribution is -2.48. The smallest absolute Gasteiger partial charge is 0.306 e. The second kappa shape index (κ2) is 11.2. The normalized spacial score (nSPS) is 9.50. The summed E-state index contributed by atoms with van der Waals surface area (Å²) in [5.41, 5.74) is 4.75. The van der Waals surface area contributed by atoms with Crippen molar-refractivity contribution < 1.29 is 19.1 Å². The van der Waals surface area contributed by atoms with Gasteiger partial charge < -0.3 is 10.1 Å². The minimum absolute atomic E-state index is 0.00333. The molecule has 0 fully saturated rings. The molecule has 0 aromatic heterocycles. The third-order valence-electron chi connectivity index (χ3n) is 2.07. The van der Waals surface area contributed by atoms with E-state index in [1.807, 2.05) is 13.8 Å². The van der Waals surface area contributed by atoms with Gasteiger partial charge in [-0.2, -0.15) is 0 Å². The highest BCUT2D eigenvalue weighted by Crippen LogP contribution is 1.94. The molecule has 114 valence electrons. The molecule has 0 aromatic carbocycles. The Bertz CT molecular complexity index is 361. The van der Waals surface area contributed by atoms with Crippen molar-refractivity contribution in [3.63, 3.8) is 0 Å². The minimum Gasteiger partial charge on any atom is -0.466 e. The van der Waals surface area contributed by atoms with E-state index in [4.69, 9.17) is 17.0 Å². The van der Waals surface area contributed by atoms with Crippen molar-refractivity contribution >= 4 is 35.1 Å². The minimum atomic E-state index is -0.419. The zero-order chi connectivity index (χ0) is 15.4. The van der Waals surface area contributed by atoms with Crippen LogP contribution in [0, 0.1) is 0 Å². The molecular weight excluding hydrogens is 282 g/mol. The van der Waals surface area contributed by atoms with Gasteiger partial charge in [-0.15, -0.1) is 0 Å². The predicted molar refractivity (Wildman–Crippen MR) is 77.4 cm³/mol. The summed E-state index contributed by atoms with van der Waals surface area (Å²) in [5, 5.41) is 2.34. The Hall–Kier alpha value is -1.70. The van der Waals surface area contributed by atoms with Crippen LogP contribution in [-0.2, 0) is 19.1 Å². The van der Waals surface area contributed by atoms with Crippen molar-refractivity contribution in [2.75, 3.05) is 6.61 Å². The number of carbonyl (C=O) groups excluding carboxylic acids is 3. The largest absolute Gasteiger partial charge is 0.466 e. The van der Waals surface area contributed by atoms with Gasteiger partial charge in [0, 0.05) is 12.8 Å². The van der Waals surface area contributed by atoms with Crippen molar-refractivity contribution in [3.05, 3.63) is 0 Å². The first-order valence-corrected chi connectivity index (χ1v) is 6.94. The lowest BCUT2D eigenvalue weighted by molar-refractivity contribution is -0.144. The molecule has 0 radical (unpaired) electrons. The van der Waals surface area contributed by atoms with Gasteiger partial charge in [0.15, 0.2) is 5.11 Å². The lowest BCUT2D eigenvalue weighted by Gasteiger charge is -2.10. The number of hydrogen-bond acceptors (Lipinski definition) is 5. The van der Waals surface area contributed by atoms with Crippen LogP contribution in [0.25, 0.3) is 0 Å². The van der Waals surface area contributed by atoms with E-state index in [0.717, 1.165) is 6.42 Å². The fourth-order valence-electron chi connectivity index (χ4n) is 1.14. The molecule has 0 spiro atoms. The average molecular weight is 303 g/mol. The van der Waals surface area contributed by atoms with Crippen LogP contribution >= 0.6 is 12.2 Å². The van der Waals surface area contributed by atoms with Crippen LogP contribution in [0.2, 0.25) is 0 Å². The van der Waals surface area contributed by atoms with Crippen LogP contribution in [0.5, 0.6) is 0 Å². The van der Waals surface area contributed by atoms with Crippen LogP contribution in [0.3, 0.4) is 0 Å². The Labute approximate surface area is 123 Å². The van der Waals surface area contributed by atoms with E-state index in [9.17, 15) is 14.4 Å². The Kier molecular flexibility index (Phi) is 10.2. The number of carbonyl (C=O) groups is 3. The number of hydrogen-bond donors (Lipinski definition) is 3. The SMILES string of the molecule is CCCOC(=O)CCC(=O)NC(=S)NNC(=O)CCC. The van der Waals surface area contributed by atoms with E-state index in [2.05, 4.69) is 16.2 Å². The van der Waals surface area contributed by atoms with E-state index in [1.54, 1.807) is 0 Å². The van der Waals surface area contributed by atoms with Crippen LogP contribution in [0.1, 0.15) is 46.0 Å². The molecule has 0 aliphatic heterocycles. The summed E-state index contributed by atoms with van der Waals surface area (Å²) in [6.45, 7) is 4.11. The topological polar surface area (TPSA) is 96.5 Å². The maximum Gasteiger partial charge on any atom is 0.306 e. The number of amides is 2. The van der Waals surface area contributed by atoms with Crippen LogP contribution in [-0.4, -0.2) is 29.5 Å². The summed E-state index contributed by atoms with van der Waals surface area (Å²) >= 11 is 4.81. The molecule has 0 heterocycles. The number of ether oxygens (including phenoxy) is 1. The summed E-state index contributed by atoms with van der Waals surface area (Å²) in [6.07, 6.45) is 1.80. The summed E-state index contributed by atoms with van der Waals surface area (Å²) in [4.78, 5) is 33.8. The Balaban J connectivity index is 3.77. The molecule has 8 heteroatoms. The van der Waals surface area contributed by atoms with E-state index in [-0.39, 0.29) is 23.9 Å². The van der Waals surface area contributed by atoms with Crippen molar-refractivity contribution in [3.8, 4) is 0 Å². The molecule has 0 atom stereocenters. The fourth-order valence-corrected chi connectivity index (χ4v) is 1.30. The standard InChI is InChI=1S/C12H21N3O4S/c1-3-5-10(17)14-15-12(20)13-9(16)6-7-11(18)19-8-4-2/h3-8H2,1-2H3,(H,14,17)(H2,13,15,16,20). The molecule has 2 amide bonds. The zero-order valence-corrected chi connectivity index (χ0v) is 12.6. The molecule has 3 N–H and O–H groups in total. The first kappa shape index (κ1) is 18.3. The molecule has 0 aromatic rings. The van der Waals surface area contributed by atoms with Crippen molar-refractivity contribution in [2.24, 2.45) is 0 Å². The first-order chi connectivity index (χ1) is 9.49. The lowest BCUT2D eigenvalue weighted by atomic mass is 10.3. The number of nitrogens with one attached hydrogen (secondary N) is 3. The van der Waals surface area contributed by atoms with Crippen molar-refractivity contribution in [1.29, 1.82) is 0 Å². The molecule has 0 saturated heterocycles.